The topological polar surface area (TPSA) is 18.5 Å². The summed E-state index contributed by atoms with van der Waals surface area (Å²) in [6.45, 7) is 1.16. The molecule has 13 heavy (non-hydrogen) atoms. The molecule has 0 aliphatic carbocycles. The molecule has 1 aromatic rings. The molecule has 0 bridgehead atoms. The van der Waals surface area contributed by atoms with E-state index >= 15 is 0 Å². The van der Waals surface area contributed by atoms with Crippen molar-refractivity contribution < 1.29 is 9.47 Å². The smallest absolute Gasteiger partial charge is 0.0717 e. The Balaban J connectivity index is 2.89. The average Bonchev–Trinajstić information content (AvgIpc) is 2.10. The van der Waals surface area contributed by atoms with Gasteiger partial charge in [-0.3, -0.25) is 0 Å². The van der Waals surface area contributed by atoms with Crippen LogP contribution >= 0.6 is 11.6 Å². The minimum atomic E-state index is 0.569. The fourth-order valence-electron chi connectivity index (χ4n) is 1.18. The minimum absolute atomic E-state index is 0.569. The van der Waals surface area contributed by atoms with Crippen LogP contribution in [-0.4, -0.2) is 14.2 Å². The van der Waals surface area contributed by atoms with E-state index in [0.717, 1.165) is 16.1 Å². The normalized spacial score (nSPS) is 10.4. The third kappa shape index (κ3) is 2.99. The number of halogens is 1. The Bertz CT molecular complexity index is 274. The molecule has 0 spiro atoms. The molecule has 0 radical (unpaired) electrons. The van der Waals surface area contributed by atoms with Gasteiger partial charge < -0.3 is 9.47 Å². The number of hydrogen-bond acceptors (Lipinski definition) is 2. The van der Waals surface area contributed by atoms with Crippen molar-refractivity contribution in [1.82, 2.24) is 0 Å². The van der Waals surface area contributed by atoms with Crippen LogP contribution in [0.1, 0.15) is 11.1 Å². The van der Waals surface area contributed by atoms with Crippen LogP contribution in [-0.2, 0) is 22.7 Å². The lowest BCUT2D eigenvalue weighted by atomic mass is 10.1. The Labute approximate surface area is 83.4 Å². The average molecular weight is 201 g/mol. The Morgan fingerprint density at radius 3 is 2.31 bits per heavy atom. The largest absolute Gasteiger partial charge is 0.380 e. The molecule has 0 heterocycles. The summed E-state index contributed by atoms with van der Waals surface area (Å²) >= 11 is 5.86. The second kappa shape index (κ2) is 5.22. The summed E-state index contributed by atoms with van der Waals surface area (Å²) in [4.78, 5) is 0. The third-order valence-electron chi connectivity index (χ3n) is 1.77. The maximum Gasteiger partial charge on any atom is 0.0717 e. The van der Waals surface area contributed by atoms with E-state index in [9.17, 15) is 0 Å². The predicted molar refractivity (Wildman–Crippen MR) is 52.9 cm³/mol. The molecule has 0 N–H and O–H groups in total. The van der Waals surface area contributed by atoms with Crippen molar-refractivity contribution in [3.05, 3.63) is 34.3 Å². The Kier molecular flexibility index (Phi) is 4.22. The van der Waals surface area contributed by atoms with Crippen molar-refractivity contribution >= 4 is 11.6 Å². The van der Waals surface area contributed by atoms with E-state index < -0.39 is 0 Å². The van der Waals surface area contributed by atoms with Crippen LogP contribution in [0.15, 0.2) is 18.2 Å². The second-order valence-corrected chi connectivity index (χ2v) is 3.22. The van der Waals surface area contributed by atoms with Gasteiger partial charge in [0.2, 0.25) is 0 Å². The molecule has 0 atom stereocenters. The number of benzene rings is 1. The summed E-state index contributed by atoms with van der Waals surface area (Å²) in [6.07, 6.45) is 0. The van der Waals surface area contributed by atoms with Crippen molar-refractivity contribution in [3.8, 4) is 0 Å². The van der Waals surface area contributed by atoms with E-state index in [4.69, 9.17) is 21.1 Å². The lowest BCUT2D eigenvalue weighted by molar-refractivity contribution is 0.168. The first-order valence-corrected chi connectivity index (χ1v) is 4.41. The fraction of sp³-hybridized carbons (Fsp3) is 0.400. The highest BCUT2D eigenvalue weighted by Crippen LogP contribution is 2.17. The van der Waals surface area contributed by atoms with Gasteiger partial charge in [0.15, 0.2) is 0 Å². The zero-order valence-corrected chi connectivity index (χ0v) is 8.60. The number of methoxy groups -OCH3 is 2. The summed E-state index contributed by atoms with van der Waals surface area (Å²) in [5.74, 6) is 0. The summed E-state index contributed by atoms with van der Waals surface area (Å²) in [7, 11) is 3.34. The van der Waals surface area contributed by atoms with Crippen LogP contribution < -0.4 is 0 Å². The molecular formula is C10H13ClO2. The Morgan fingerprint density at radius 2 is 1.69 bits per heavy atom. The van der Waals surface area contributed by atoms with Gasteiger partial charge in [-0.05, 0) is 23.3 Å². The quantitative estimate of drug-likeness (QED) is 0.744. The molecule has 2 nitrogen and oxygen atoms in total. The van der Waals surface area contributed by atoms with E-state index in [1.165, 1.54) is 0 Å². The highest BCUT2D eigenvalue weighted by atomic mass is 35.5. The monoisotopic (exact) mass is 200 g/mol. The highest BCUT2D eigenvalue weighted by Gasteiger charge is 2.02. The van der Waals surface area contributed by atoms with E-state index in [0.29, 0.717) is 13.2 Å². The van der Waals surface area contributed by atoms with E-state index in [1.807, 2.05) is 18.2 Å². The van der Waals surface area contributed by atoms with Crippen molar-refractivity contribution in [2.75, 3.05) is 14.2 Å². The third-order valence-corrected chi connectivity index (χ3v) is 2.00. The van der Waals surface area contributed by atoms with Gasteiger partial charge in [-0.1, -0.05) is 17.7 Å². The first-order chi connectivity index (χ1) is 6.27. The molecule has 0 unspecified atom stereocenters. The second-order valence-electron chi connectivity index (χ2n) is 2.78. The minimum Gasteiger partial charge on any atom is -0.380 e. The molecule has 1 rings (SSSR count). The first-order valence-electron chi connectivity index (χ1n) is 4.03. The molecule has 0 aliphatic rings. The van der Waals surface area contributed by atoms with Gasteiger partial charge in [0.1, 0.15) is 0 Å². The van der Waals surface area contributed by atoms with Crippen molar-refractivity contribution in [1.29, 1.82) is 0 Å². The molecule has 72 valence electrons. The van der Waals surface area contributed by atoms with Crippen LogP contribution in [0.5, 0.6) is 0 Å². The summed E-state index contributed by atoms with van der Waals surface area (Å²) in [5, 5.41) is 0.729. The fourth-order valence-corrected chi connectivity index (χ4v) is 1.38. The lowest BCUT2D eigenvalue weighted by Gasteiger charge is -2.07. The molecule has 0 fully saturated rings. The van der Waals surface area contributed by atoms with Crippen LogP contribution in [0.3, 0.4) is 0 Å². The van der Waals surface area contributed by atoms with E-state index in [-0.39, 0.29) is 0 Å². The molecule has 0 amide bonds. The van der Waals surface area contributed by atoms with Crippen LogP contribution in [0.25, 0.3) is 0 Å². The molecule has 0 aliphatic heterocycles. The van der Waals surface area contributed by atoms with Gasteiger partial charge in [-0.2, -0.15) is 0 Å². The van der Waals surface area contributed by atoms with E-state index in [1.54, 1.807) is 14.2 Å². The number of rotatable bonds is 4. The van der Waals surface area contributed by atoms with Crippen LogP contribution in [0.4, 0.5) is 0 Å². The van der Waals surface area contributed by atoms with Crippen molar-refractivity contribution in [2.45, 2.75) is 13.2 Å². The standard InChI is InChI=1S/C10H13ClO2/c1-12-6-8-3-4-10(11)5-9(8)7-13-2/h3-5H,6-7H2,1-2H3. The lowest BCUT2D eigenvalue weighted by Crippen LogP contribution is -1.97. The maximum atomic E-state index is 5.86. The molecule has 3 heteroatoms. The molecule has 0 saturated heterocycles. The Hall–Kier alpha value is -0.570. The summed E-state index contributed by atoms with van der Waals surface area (Å²) in [6, 6.07) is 5.72. The van der Waals surface area contributed by atoms with Gasteiger partial charge >= 0.3 is 0 Å². The van der Waals surface area contributed by atoms with Crippen LogP contribution in [0, 0.1) is 0 Å². The Morgan fingerprint density at radius 1 is 1.08 bits per heavy atom. The van der Waals surface area contributed by atoms with Crippen LogP contribution in [0.2, 0.25) is 5.02 Å². The zero-order valence-electron chi connectivity index (χ0n) is 7.84. The van der Waals surface area contributed by atoms with Gasteiger partial charge in [-0.15, -0.1) is 0 Å². The first kappa shape index (κ1) is 10.5. The molecule has 0 aromatic heterocycles. The van der Waals surface area contributed by atoms with Gasteiger partial charge in [0.05, 0.1) is 13.2 Å². The zero-order chi connectivity index (χ0) is 9.68. The molecular weight excluding hydrogens is 188 g/mol. The van der Waals surface area contributed by atoms with Crippen molar-refractivity contribution in [3.63, 3.8) is 0 Å². The summed E-state index contributed by atoms with van der Waals surface area (Å²) < 4.78 is 10.1. The van der Waals surface area contributed by atoms with Gasteiger partial charge in [0, 0.05) is 19.2 Å². The predicted octanol–water partition coefficient (Wildman–Crippen LogP) is 2.63. The SMILES string of the molecule is COCc1ccc(Cl)cc1COC. The van der Waals surface area contributed by atoms with Gasteiger partial charge in [0.25, 0.3) is 0 Å². The maximum absolute atomic E-state index is 5.86. The molecule has 1 aromatic carbocycles. The molecule has 0 saturated carbocycles. The summed E-state index contributed by atoms with van der Waals surface area (Å²) in [5.41, 5.74) is 2.20. The van der Waals surface area contributed by atoms with E-state index in [2.05, 4.69) is 0 Å². The number of ether oxygens (including phenoxy) is 2. The van der Waals surface area contributed by atoms with Gasteiger partial charge in [-0.25, -0.2) is 0 Å². The number of hydrogen-bond donors (Lipinski definition) is 0. The highest BCUT2D eigenvalue weighted by molar-refractivity contribution is 6.30. The van der Waals surface area contributed by atoms with Crippen molar-refractivity contribution in [2.24, 2.45) is 0 Å².